The topological polar surface area (TPSA) is 182 Å². The highest BCUT2D eigenvalue weighted by Gasteiger charge is 2.48. The van der Waals surface area contributed by atoms with Crippen LogP contribution in [0, 0.1) is 0 Å². The van der Waals surface area contributed by atoms with Crippen molar-refractivity contribution in [1.82, 2.24) is 14.5 Å². The highest BCUT2D eigenvalue weighted by Crippen LogP contribution is 2.47. The number of aromatic amines is 1. The number of nitrogens with one attached hydrogen (secondary N) is 1. The number of amides is 2. The van der Waals surface area contributed by atoms with E-state index >= 15 is 0 Å². The SMILES string of the molecule is CO[C@@H]1[C@H](O)[C@H](O)[C@@H](n2c3ccccc3c3c4c(c5c6ccccc6[nH]c5c32)C(=O)N(C)C4=O)O[C@H]1CO[C@H]1C[C@H](O)[C@H](N)CO1. The van der Waals surface area contributed by atoms with E-state index in [-0.39, 0.29) is 25.2 Å². The number of aromatic nitrogens is 2. The molecule has 0 saturated carbocycles. The zero-order valence-corrected chi connectivity index (χ0v) is 25.1. The maximum absolute atomic E-state index is 13.8. The summed E-state index contributed by atoms with van der Waals surface area (Å²) < 4.78 is 25.5. The molecular weight excluding hydrogens is 596 g/mol. The number of carbonyl (C=O) groups excluding carboxylic acids is 2. The second-order valence-electron chi connectivity index (χ2n) is 12.3. The number of benzene rings is 3. The van der Waals surface area contributed by atoms with Gasteiger partial charge in [0.25, 0.3) is 11.8 Å². The molecule has 2 fully saturated rings. The van der Waals surface area contributed by atoms with Gasteiger partial charge >= 0.3 is 0 Å². The Hall–Kier alpha value is -3.92. The summed E-state index contributed by atoms with van der Waals surface area (Å²) in [7, 11) is 2.88. The van der Waals surface area contributed by atoms with Crippen LogP contribution in [0.2, 0.25) is 0 Å². The second-order valence-corrected chi connectivity index (χ2v) is 12.3. The number of nitrogens with zero attached hydrogens (tertiary/aromatic N) is 2. The first kappa shape index (κ1) is 29.5. The van der Waals surface area contributed by atoms with E-state index in [0.29, 0.717) is 38.3 Å². The number of nitrogens with two attached hydrogens (primary N) is 1. The highest BCUT2D eigenvalue weighted by molar-refractivity contribution is 6.39. The first-order chi connectivity index (χ1) is 22.2. The Morgan fingerprint density at radius 1 is 0.978 bits per heavy atom. The number of para-hydroxylation sites is 2. The molecule has 3 aliphatic heterocycles. The van der Waals surface area contributed by atoms with Crippen LogP contribution in [-0.2, 0) is 18.9 Å². The molecule has 8 atom stereocenters. The highest BCUT2D eigenvalue weighted by atomic mass is 16.7. The van der Waals surface area contributed by atoms with Crippen LogP contribution in [0.5, 0.6) is 0 Å². The number of methoxy groups -OCH3 is 1. The van der Waals surface area contributed by atoms with E-state index in [1.54, 1.807) is 4.57 Å². The monoisotopic (exact) mass is 630 g/mol. The van der Waals surface area contributed by atoms with Crippen LogP contribution in [0.3, 0.4) is 0 Å². The first-order valence-corrected chi connectivity index (χ1v) is 15.2. The second kappa shape index (κ2) is 10.8. The molecule has 2 saturated heterocycles. The van der Waals surface area contributed by atoms with E-state index in [4.69, 9.17) is 24.7 Å². The number of fused-ring (bicyclic) bond motifs is 10. The van der Waals surface area contributed by atoms with Crippen molar-refractivity contribution in [2.75, 3.05) is 27.4 Å². The molecule has 46 heavy (non-hydrogen) atoms. The first-order valence-electron chi connectivity index (χ1n) is 15.2. The van der Waals surface area contributed by atoms with Gasteiger partial charge in [0.1, 0.15) is 24.4 Å². The quantitative estimate of drug-likeness (QED) is 0.180. The summed E-state index contributed by atoms with van der Waals surface area (Å²) in [5.41, 5.74) is 8.99. The zero-order chi connectivity index (χ0) is 32.0. The van der Waals surface area contributed by atoms with E-state index in [1.807, 2.05) is 48.5 Å². The fourth-order valence-corrected chi connectivity index (χ4v) is 7.36. The molecule has 3 aliphatic rings. The smallest absolute Gasteiger partial charge is 0.262 e. The summed E-state index contributed by atoms with van der Waals surface area (Å²) in [6.07, 6.45) is -7.22. The number of rotatable bonds is 5. The fraction of sp³-hybridized carbons (Fsp3) is 0.394. The van der Waals surface area contributed by atoms with Gasteiger partial charge in [-0.15, -0.1) is 0 Å². The Balaban J connectivity index is 1.33. The van der Waals surface area contributed by atoms with Gasteiger partial charge < -0.3 is 49.6 Å². The molecule has 3 aromatic carbocycles. The summed E-state index contributed by atoms with van der Waals surface area (Å²) in [5.74, 6) is -0.820. The lowest BCUT2D eigenvalue weighted by Gasteiger charge is -2.43. The van der Waals surface area contributed by atoms with Gasteiger partial charge in [0.2, 0.25) is 0 Å². The van der Waals surface area contributed by atoms with Crippen molar-refractivity contribution in [3.63, 3.8) is 0 Å². The van der Waals surface area contributed by atoms with Crippen LogP contribution < -0.4 is 5.73 Å². The molecule has 13 nitrogen and oxygen atoms in total. The molecule has 0 unspecified atom stereocenters. The van der Waals surface area contributed by atoms with Crippen LogP contribution in [0.1, 0.15) is 33.4 Å². The average molecular weight is 631 g/mol. The standard InChI is InChI=1S/C33H34N4O9/c1-36-31(41)24-22-14-7-3-5-9-17(14)35-26(22)27-23(25(24)32(36)42)15-8-4-6-10-18(15)37(27)33-29(40)28(39)30(43-2)20(46-33)13-45-21-11-19(38)16(34)12-44-21/h3-10,16,19-21,28-30,33,35,38-40H,11-13,34H2,1-2H3/t16-,19+,20+,21+,28-,29+,30+,33+/m1/s1. The maximum atomic E-state index is 13.8. The molecule has 5 aromatic rings. The van der Waals surface area contributed by atoms with E-state index in [0.717, 1.165) is 15.8 Å². The molecule has 8 rings (SSSR count). The molecule has 13 heteroatoms. The molecule has 2 amide bonds. The molecule has 0 bridgehead atoms. The minimum absolute atomic E-state index is 0.0858. The van der Waals surface area contributed by atoms with Crippen molar-refractivity contribution in [2.24, 2.45) is 5.73 Å². The molecule has 2 aromatic heterocycles. The Bertz CT molecular complexity index is 2040. The fourth-order valence-electron chi connectivity index (χ4n) is 7.36. The molecule has 5 heterocycles. The molecule has 0 aliphatic carbocycles. The van der Waals surface area contributed by atoms with E-state index in [1.165, 1.54) is 14.2 Å². The number of ether oxygens (including phenoxy) is 4. The predicted octanol–water partition coefficient (Wildman–Crippen LogP) is 1.74. The number of hydrogen-bond acceptors (Lipinski definition) is 10. The molecule has 0 radical (unpaired) electrons. The van der Waals surface area contributed by atoms with Gasteiger partial charge in [-0.1, -0.05) is 36.4 Å². The lowest BCUT2D eigenvalue weighted by Crippen LogP contribution is -2.58. The Labute approximate surface area is 262 Å². The molecular formula is C33H34N4O9. The maximum Gasteiger partial charge on any atom is 0.262 e. The minimum Gasteiger partial charge on any atom is -0.391 e. The van der Waals surface area contributed by atoms with E-state index in [9.17, 15) is 24.9 Å². The Morgan fingerprint density at radius 3 is 2.41 bits per heavy atom. The van der Waals surface area contributed by atoms with E-state index < -0.39 is 60.9 Å². The zero-order valence-electron chi connectivity index (χ0n) is 25.1. The number of hydrogen-bond donors (Lipinski definition) is 5. The average Bonchev–Trinajstić information content (AvgIpc) is 3.68. The van der Waals surface area contributed by atoms with Gasteiger partial charge in [-0.2, -0.15) is 0 Å². The van der Waals surface area contributed by atoms with Gasteiger partial charge in [0.05, 0.1) is 53.0 Å². The number of aliphatic hydroxyl groups is 3. The normalized spacial score (nSPS) is 30.3. The lowest BCUT2D eigenvalue weighted by atomic mass is 9.96. The van der Waals surface area contributed by atoms with Gasteiger partial charge in [-0.25, -0.2) is 0 Å². The van der Waals surface area contributed by atoms with Gasteiger partial charge in [0.15, 0.2) is 12.5 Å². The number of H-pyrrole nitrogens is 1. The number of imide groups is 1. The predicted molar refractivity (Wildman–Crippen MR) is 166 cm³/mol. The van der Waals surface area contributed by atoms with Gasteiger partial charge in [0, 0.05) is 47.6 Å². The Morgan fingerprint density at radius 2 is 1.67 bits per heavy atom. The Kier molecular flexibility index (Phi) is 6.94. The molecule has 6 N–H and O–H groups in total. The number of carbonyl (C=O) groups is 2. The van der Waals surface area contributed by atoms with Crippen LogP contribution in [0.15, 0.2) is 48.5 Å². The van der Waals surface area contributed by atoms with Crippen LogP contribution in [0.4, 0.5) is 0 Å². The molecule has 240 valence electrons. The van der Waals surface area contributed by atoms with Gasteiger partial charge in [-0.05, 0) is 12.1 Å². The van der Waals surface area contributed by atoms with Gasteiger partial charge in [-0.3, -0.25) is 14.5 Å². The van der Waals surface area contributed by atoms with Crippen LogP contribution in [-0.4, -0.2) is 112 Å². The third-order valence-electron chi connectivity index (χ3n) is 9.68. The van der Waals surface area contributed by atoms with Crippen LogP contribution in [0.25, 0.3) is 43.6 Å². The van der Waals surface area contributed by atoms with Crippen molar-refractivity contribution < 1.29 is 43.9 Å². The largest absolute Gasteiger partial charge is 0.391 e. The minimum atomic E-state index is -1.46. The third-order valence-corrected chi connectivity index (χ3v) is 9.68. The summed E-state index contributed by atoms with van der Waals surface area (Å²) in [5, 5.41) is 35.9. The summed E-state index contributed by atoms with van der Waals surface area (Å²) >= 11 is 0. The van der Waals surface area contributed by atoms with Crippen molar-refractivity contribution in [3.8, 4) is 0 Å². The van der Waals surface area contributed by atoms with Crippen molar-refractivity contribution in [3.05, 3.63) is 59.7 Å². The summed E-state index contributed by atoms with van der Waals surface area (Å²) in [6, 6.07) is 14.4. The lowest BCUT2D eigenvalue weighted by molar-refractivity contribution is -0.274. The summed E-state index contributed by atoms with van der Waals surface area (Å²) in [6.45, 7) is 0.0368. The summed E-state index contributed by atoms with van der Waals surface area (Å²) in [4.78, 5) is 32.0. The van der Waals surface area contributed by atoms with E-state index in [2.05, 4.69) is 4.98 Å². The number of aliphatic hydroxyl groups excluding tert-OH is 3. The van der Waals surface area contributed by atoms with Crippen molar-refractivity contribution in [1.29, 1.82) is 0 Å². The van der Waals surface area contributed by atoms with Crippen molar-refractivity contribution in [2.45, 2.75) is 55.5 Å². The van der Waals surface area contributed by atoms with Crippen LogP contribution >= 0.6 is 0 Å². The third kappa shape index (κ3) is 4.11. The van der Waals surface area contributed by atoms with Crippen molar-refractivity contribution >= 4 is 55.4 Å². The molecule has 0 spiro atoms.